The first-order valence-corrected chi connectivity index (χ1v) is 9.05. The molecule has 25 heavy (non-hydrogen) atoms. The number of nitrogens with zero attached hydrogens (tertiary/aromatic N) is 1. The Morgan fingerprint density at radius 3 is 2.04 bits per heavy atom. The molecule has 0 bridgehead atoms. The number of nitro benzene ring substituents is 1. The van der Waals surface area contributed by atoms with E-state index in [4.69, 9.17) is 0 Å². The Labute approximate surface area is 149 Å². The van der Waals surface area contributed by atoms with Gasteiger partial charge in [-0.2, -0.15) is 0 Å². The normalized spacial score (nSPS) is 19.2. The number of hydrogen-bond donors (Lipinski definition) is 5. The Morgan fingerprint density at radius 2 is 1.48 bits per heavy atom. The van der Waals surface area contributed by atoms with E-state index in [2.05, 4.69) is 26.6 Å². The predicted molar refractivity (Wildman–Crippen MR) is 99.8 cm³/mol. The van der Waals surface area contributed by atoms with Gasteiger partial charge in [-0.15, -0.1) is 0 Å². The van der Waals surface area contributed by atoms with Crippen LogP contribution in [0.15, 0.2) is 24.3 Å². The van der Waals surface area contributed by atoms with Crippen LogP contribution in [0.25, 0.3) is 0 Å². The summed E-state index contributed by atoms with van der Waals surface area (Å²) in [7, 11) is 0. The molecule has 0 unspecified atom stereocenters. The number of hydrogen-bond acceptors (Lipinski definition) is 7. The molecule has 5 N–H and O–H groups in total. The van der Waals surface area contributed by atoms with Gasteiger partial charge in [-0.05, 0) is 25.1 Å². The summed E-state index contributed by atoms with van der Waals surface area (Å²) >= 11 is 0. The zero-order chi connectivity index (χ0) is 17.7. The Balaban J connectivity index is 1.78. The van der Waals surface area contributed by atoms with Gasteiger partial charge in [0.15, 0.2) is 0 Å². The van der Waals surface area contributed by atoms with Gasteiger partial charge in [0, 0.05) is 64.0 Å². The number of nitro groups is 1. The first-order valence-electron chi connectivity index (χ1n) is 9.05. The molecule has 1 aliphatic rings. The molecule has 0 spiro atoms. The summed E-state index contributed by atoms with van der Waals surface area (Å²) in [5.41, 5.74) is 1.18. The molecule has 8 heteroatoms. The highest BCUT2D eigenvalue weighted by Gasteiger charge is 2.09. The maximum absolute atomic E-state index is 10.7. The lowest BCUT2D eigenvalue weighted by atomic mass is 10.2. The fraction of sp³-hybridized carbons (Fsp3) is 0.647. The van der Waals surface area contributed by atoms with Gasteiger partial charge in [-0.3, -0.25) is 10.1 Å². The smallest absolute Gasteiger partial charge is 0.269 e. The Morgan fingerprint density at radius 1 is 0.920 bits per heavy atom. The average molecular weight is 350 g/mol. The quantitative estimate of drug-likeness (QED) is 0.379. The standard InChI is InChI=1S/C17H30N6O2/c24-23(25)17-4-2-15(3-5-17)12-22-16-13-20-10-8-18-6-1-7-19-9-11-21-14-16/h2-5,16,18-22H,1,6-14H2. The van der Waals surface area contributed by atoms with E-state index in [9.17, 15) is 10.1 Å². The van der Waals surface area contributed by atoms with Crippen LogP contribution in [0, 0.1) is 10.1 Å². The predicted octanol–water partition coefficient (Wildman–Crippen LogP) is -0.185. The fourth-order valence-corrected chi connectivity index (χ4v) is 2.71. The Bertz CT molecular complexity index is 482. The van der Waals surface area contributed by atoms with Gasteiger partial charge in [0.1, 0.15) is 0 Å². The lowest BCUT2D eigenvalue weighted by Gasteiger charge is -2.21. The van der Waals surface area contributed by atoms with Crippen LogP contribution in [0.2, 0.25) is 0 Å². The second kappa shape index (κ2) is 11.9. The number of nitrogens with one attached hydrogen (secondary N) is 5. The van der Waals surface area contributed by atoms with E-state index in [1.165, 1.54) is 0 Å². The molecule has 1 fully saturated rings. The van der Waals surface area contributed by atoms with Gasteiger partial charge >= 0.3 is 0 Å². The minimum atomic E-state index is -0.370. The van der Waals surface area contributed by atoms with Crippen molar-refractivity contribution in [2.24, 2.45) is 0 Å². The van der Waals surface area contributed by atoms with Crippen LogP contribution < -0.4 is 26.6 Å². The molecule has 1 aromatic carbocycles. The lowest BCUT2D eigenvalue weighted by molar-refractivity contribution is -0.384. The SMILES string of the molecule is O=[N+]([O-])c1ccc(CNC2CNCCNCCCNCCNC2)cc1. The van der Waals surface area contributed by atoms with Crippen molar-refractivity contribution in [1.29, 1.82) is 0 Å². The van der Waals surface area contributed by atoms with Crippen molar-refractivity contribution >= 4 is 5.69 Å². The topological polar surface area (TPSA) is 103 Å². The fourth-order valence-electron chi connectivity index (χ4n) is 2.71. The second-order valence-corrected chi connectivity index (χ2v) is 6.26. The Kier molecular flexibility index (Phi) is 9.38. The third kappa shape index (κ3) is 8.37. The van der Waals surface area contributed by atoms with Crippen molar-refractivity contribution in [2.45, 2.75) is 19.0 Å². The van der Waals surface area contributed by atoms with Gasteiger partial charge in [0.2, 0.25) is 0 Å². The van der Waals surface area contributed by atoms with Crippen LogP contribution >= 0.6 is 0 Å². The van der Waals surface area contributed by atoms with Crippen molar-refractivity contribution in [1.82, 2.24) is 26.6 Å². The van der Waals surface area contributed by atoms with E-state index >= 15 is 0 Å². The molecular formula is C17H30N6O2. The molecule has 0 saturated carbocycles. The van der Waals surface area contributed by atoms with Crippen molar-refractivity contribution < 1.29 is 4.92 Å². The number of non-ortho nitro benzene ring substituents is 1. The van der Waals surface area contributed by atoms with E-state index < -0.39 is 0 Å². The van der Waals surface area contributed by atoms with Crippen LogP contribution in [0.4, 0.5) is 5.69 Å². The van der Waals surface area contributed by atoms with Crippen molar-refractivity contribution in [2.75, 3.05) is 52.4 Å². The third-order valence-electron chi connectivity index (χ3n) is 4.19. The van der Waals surface area contributed by atoms with Crippen molar-refractivity contribution in [3.05, 3.63) is 39.9 Å². The molecule has 1 heterocycles. The molecule has 0 aliphatic carbocycles. The summed E-state index contributed by atoms with van der Waals surface area (Å²) in [5, 5.41) is 28.1. The minimum absolute atomic E-state index is 0.130. The molecule has 140 valence electrons. The van der Waals surface area contributed by atoms with E-state index in [0.717, 1.165) is 64.3 Å². The molecule has 0 aromatic heterocycles. The van der Waals surface area contributed by atoms with Gasteiger partial charge in [0.05, 0.1) is 4.92 Å². The largest absolute Gasteiger partial charge is 0.315 e. The van der Waals surface area contributed by atoms with Gasteiger partial charge in [-0.1, -0.05) is 12.1 Å². The van der Waals surface area contributed by atoms with E-state index in [1.807, 2.05) is 12.1 Å². The van der Waals surface area contributed by atoms with Gasteiger partial charge in [0.25, 0.3) is 5.69 Å². The Hall–Kier alpha value is -1.58. The van der Waals surface area contributed by atoms with Crippen LogP contribution in [-0.2, 0) is 6.54 Å². The molecule has 1 aromatic rings. The maximum atomic E-state index is 10.7. The van der Waals surface area contributed by atoms with Crippen molar-refractivity contribution in [3.8, 4) is 0 Å². The van der Waals surface area contributed by atoms with Crippen LogP contribution in [0.3, 0.4) is 0 Å². The summed E-state index contributed by atoms with van der Waals surface area (Å²) in [4.78, 5) is 10.3. The van der Waals surface area contributed by atoms with E-state index in [0.29, 0.717) is 12.6 Å². The highest BCUT2D eigenvalue weighted by atomic mass is 16.6. The molecule has 0 amide bonds. The van der Waals surface area contributed by atoms with Crippen LogP contribution in [-0.4, -0.2) is 63.3 Å². The van der Waals surface area contributed by atoms with Gasteiger partial charge < -0.3 is 26.6 Å². The summed E-state index contributed by atoms with van der Waals surface area (Å²) in [5.74, 6) is 0. The van der Waals surface area contributed by atoms with Gasteiger partial charge in [-0.25, -0.2) is 0 Å². The highest BCUT2D eigenvalue weighted by molar-refractivity contribution is 5.32. The number of benzene rings is 1. The molecule has 1 aliphatic heterocycles. The first-order chi connectivity index (χ1) is 12.3. The van der Waals surface area contributed by atoms with Crippen molar-refractivity contribution in [3.63, 3.8) is 0 Å². The maximum Gasteiger partial charge on any atom is 0.269 e. The second-order valence-electron chi connectivity index (χ2n) is 6.26. The first kappa shape index (κ1) is 19.7. The minimum Gasteiger partial charge on any atom is -0.315 e. The highest BCUT2D eigenvalue weighted by Crippen LogP contribution is 2.11. The molecule has 0 atom stereocenters. The lowest BCUT2D eigenvalue weighted by Crippen LogP contribution is -2.47. The molecule has 0 radical (unpaired) electrons. The molecule has 1 saturated heterocycles. The zero-order valence-electron chi connectivity index (χ0n) is 14.7. The monoisotopic (exact) mass is 350 g/mol. The summed E-state index contributed by atoms with van der Waals surface area (Å²) < 4.78 is 0. The van der Waals surface area contributed by atoms with E-state index in [1.54, 1.807) is 12.1 Å². The van der Waals surface area contributed by atoms with E-state index in [-0.39, 0.29) is 10.6 Å². The van der Waals surface area contributed by atoms with Crippen LogP contribution in [0.1, 0.15) is 12.0 Å². The molecular weight excluding hydrogens is 320 g/mol. The third-order valence-corrected chi connectivity index (χ3v) is 4.19. The summed E-state index contributed by atoms with van der Waals surface area (Å²) in [6, 6.07) is 7.03. The van der Waals surface area contributed by atoms with Crippen LogP contribution in [0.5, 0.6) is 0 Å². The number of rotatable bonds is 4. The molecule has 2 rings (SSSR count). The average Bonchev–Trinajstić information content (AvgIpc) is 2.62. The summed E-state index contributed by atoms with van der Waals surface area (Å²) in [6.45, 7) is 8.40. The molecule has 8 nitrogen and oxygen atoms in total. The zero-order valence-corrected chi connectivity index (χ0v) is 14.7. The summed E-state index contributed by atoms with van der Waals surface area (Å²) in [6.07, 6.45) is 1.15.